The molecule has 0 bridgehead atoms. The maximum absolute atomic E-state index is 14.7. The minimum Gasteiger partial charge on any atom is -0.391 e. The van der Waals surface area contributed by atoms with E-state index in [9.17, 15) is 14.3 Å². The van der Waals surface area contributed by atoms with Gasteiger partial charge in [0.05, 0.1) is 17.3 Å². The molecular weight excluding hydrogens is 407 g/mol. The molecule has 0 saturated heterocycles. The van der Waals surface area contributed by atoms with Crippen LogP contribution < -0.4 is 10.6 Å². The number of aliphatic hydroxyl groups excluding tert-OH is 1. The van der Waals surface area contributed by atoms with Crippen molar-refractivity contribution in [3.05, 3.63) is 78.9 Å². The Morgan fingerprint density at radius 2 is 1.84 bits per heavy atom. The summed E-state index contributed by atoms with van der Waals surface area (Å²) in [6.45, 7) is 2.01. The van der Waals surface area contributed by atoms with Crippen LogP contribution in [0.3, 0.4) is 0 Å². The van der Waals surface area contributed by atoms with E-state index in [1.54, 1.807) is 42.7 Å². The number of nitrogens with zero attached hydrogens (tertiary/aromatic N) is 2. The molecule has 3 N–H and O–H groups in total. The van der Waals surface area contributed by atoms with Gasteiger partial charge in [0.25, 0.3) is 0 Å². The number of rotatable bonds is 6. The van der Waals surface area contributed by atoms with Gasteiger partial charge in [-0.05, 0) is 48.9 Å². The minimum atomic E-state index is -0.587. The van der Waals surface area contributed by atoms with Crippen molar-refractivity contribution in [3.8, 4) is 22.4 Å². The van der Waals surface area contributed by atoms with Gasteiger partial charge in [-0.1, -0.05) is 25.1 Å². The first-order valence-corrected chi connectivity index (χ1v) is 10.4. The number of urea groups is 1. The fraction of sp³-hybridized carbons (Fsp3) is 0.160. The third kappa shape index (κ3) is 4.73. The summed E-state index contributed by atoms with van der Waals surface area (Å²) in [6.07, 6.45) is 3.32. The van der Waals surface area contributed by atoms with Crippen molar-refractivity contribution in [2.24, 2.45) is 0 Å². The standard InChI is InChI=1S/C25H23FN4O2/c1-2-19(31)15-28-25(32)29-18-7-8-23-17(13-18)14-21(20-5-3-4-6-22(20)26)24(30-23)16-9-11-27-12-10-16/h3-14,19,31H,2,15H2,1H3,(H2,28,29,32). The van der Waals surface area contributed by atoms with E-state index >= 15 is 0 Å². The summed E-state index contributed by atoms with van der Waals surface area (Å²) in [6, 6.07) is 17.1. The molecule has 0 aliphatic rings. The van der Waals surface area contributed by atoms with Crippen molar-refractivity contribution in [2.45, 2.75) is 19.4 Å². The number of aliphatic hydroxyl groups is 1. The van der Waals surface area contributed by atoms with Crippen LogP contribution in [-0.4, -0.2) is 33.8 Å². The zero-order valence-electron chi connectivity index (χ0n) is 17.5. The van der Waals surface area contributed by atoms with Crippen molar-refractivity contribution in [2.75, 3.05) is 11.9 Å². The number of hydrogen-bond acceptors (Lipinski definition) is 4. The topological polar surface area (TPSA) is 87.1 Å². The van der Waals surface area contributed by atoms with Gasteiger partial charge in [0.1, 0.15) is 5.82 Å². The number of carbonyl (C=O) groups is 1. The third-order valence-corrected chi connectivity index (χ3v) is 5.16. The van der Waals surface area contributed by atoms with E-state index in [1.807, 2.05) is 31.2 Å². The molecule has 1 unspecified atom stereocenters. The highest BCUT2D eigenvalue weighted by atomic mass is 19.1. The van der Waals surface area contributed by atoms with Crippen LogP contribution in [0.2, 0.25) is 0 Å². The molecule has 1 atom stereocenters. The Labute approximate surface area is 185 Å². The highest BCUT2D eigenvalue weighted by Crippen LogP contribution is 2.35. The van der Waals surface area contributed by atoms with Crippen LogP contribution in [-0.2, 0) is 0 Å². The average Bonchev–Trinajstić information content (AvgIpc) is 2.82. The number of benzene rings is 2. The van der Waals surface area contributed by atoms with Gasteiger partial charge in [0.15, 0.2) is 0 Å². The molecular formula is C25H23FN4O2. The predicted molar refractivity (Wildman–Crippen MR) is 124 cm³/mol. The average molecular weight is 430 g/mol. The molecule has 0 spiro atoms. The number of carbonyl (C=O) groups excluding carboxylic acids is 1. The zero-order valence-corrected chi connectivity index (χ0v) is 17.5. The van der Waals surface area contributed by atoms with Crippen LogP contribution in [0.5, 0.6) is 0 Å². The first kappa shape index (κ1) is 21.4. The lowest BCUT2D eigenvalue weighted by molar-refractivity contribution is 0.168. The second-order valence-electron chi connectivity index (χ2n) is 7.40. The summed E-state index contributed by atoms with van der Waals surface area (Å²) in [5.41, 5.74) is 3.85. The predicted octanol–water partition coefficient (Wildman–Crippen LogP) is 5.00. The number of aromatic nitrogens is 2. The fourth-order valence-electron chi connectivity index (χ4n) is 3.40. The number of amides is 2. The largest absolute Gasteiger partial charge is 0.391 e. The van der Waals surface area contributed by atoms with Gasteiger partial charge in [-0.25, -0.2) is 14.2 Å². The molecule has 162 valence electrons. The Morgan fingerprint density at radius 3 is 2.59 bits per heavy atom. The normalized spacial score (nSPS) is 11.8. The van der Waals surface area contributed by atoms with E-state index in [-0.39, 0.29) is 12.4 Å². The maximum Gasteiger partial charge on any atom is 0.319 e. The second kappa shape index (κ2) is 9.53. The van der Waals surface area contributed by atoms with E-state index in [0.717, 1.165) is 10.9 Å². The summed E-state index contributed by atoms with van der Waals surface area (Å²) in [7, 11) is 0. The van der Waals surface area contributed by atoms with E-state index < -0.39 is 12.1 Å². The molecule has 2 heterocycles. The molecule has 0 saturated carbocycles. The molecule has 2 aromatic carbocycles. The molecule has 0 aliphatic carbocycles. The lowest BCUT2D eigenvalue weighted by Gasteiger charge is -2.14. The highest BCUT2D eigenvalue weighted by molar-refractivity contribution is 5.96. The SMILES string of the molecule is CCC(O)CNC(=O)Nc1ccc2nc(-c3ccncc3)c(-c3ccccc3F)cc2c1. The second-order valence-corrected chi connectivity index (χ2v) is 7.40. The van der Waals surface area contributed by atoms with Crippen LogP contribution in [0.4, 0.5) is 14.9 Å². The number of nitrogens with one attached hydrogen (secondary N) is 2. The molecule has 4 aromatic rings. The Kier molecular flexibility index (Phi) is 6.37. The van der Waals surface area contributed by atoms with Crippen molar-refractivity contribution < 1.29 is 14.3 Å². The van der Waals surface area contributed by atoms with Gasteiger partial charge in [-0.3, -0.25) is 4.98 Å². The number of pyridine rings is 2. The Balaban J connectivity index is 1.74. The van der Waals surface area contributed by atoms with Gasteiger partial charge >= 0.3 is 6.03 Å². The summed E-state index contributed by atoms with van der Waals surface area (Å²) in [5, 5.41) is 15.8. The molecule has 2 aromatic heterocycles. The van der Waals surface area contributed by atoms with E-state index in [0.29, 0.717) is 34.4 Å². The lowest BCUT2D eigenvalue weighted by atomic mass is 9.97. The molecule has 32 heavy (non-hydrogen) atoms. The van der Waals surface area contributed by atoms with Crippen molar-refractivity contribution in [1.29, 1.82) is 0 Å². The summed E-state index contributed by atoms with van der Waals surface area (Å²) >= 11 is 0. The summed E-state index contributed by atoms with van der Waals surface area (Å²) in [4.78, 5) is 21.0. The van der Waals surface area contributed by atoms with Crippen LogP contribution >= 0.6 is 0 Å². The van der Waals surface area contributed by atoms with Crippen molar-refractivity contribution in [3.63, 3.8) is 0 Å². The van der Waals surface area contributed by atoms with Gasteiger partial charge in [-0.2, -0.15) is 0 Å². The highest BCUT2D eigenvalue weighted by Gasteiger charge is 2.15. The molecule has 7 heteroatoms. The quantitative estimate of drug-likeness (QED) is 0.402. The van der Waals surface area contributed by atoms with Gasteiger partial charge < -0.3 is 15.7 Å². The van der Waals surface area contributed by atoms with Gasteiger partial charge in [-0.15, -0.1) is 0 Å². The molecule has 4 rings (SSSR count). The van der Waals surface area contributed by atoms with Crippen molar-refractivity contribution >= 4 is 22.6 Å². The van der Waals surface area contributed by atoms with Crippen LogP contribution in [0.1, 0.15) is 13.3 Å². The number of hydrogen-bond donors (Lipinski definition) is 3. The molecule has 2 amide bonds. The Bertz CT molecular complexity index is 1250. The molecule has 0 radical (unpaired) electrons. The maximum atomic E-state index is 14.7. The summed E-state index contributed by atoms with van der Waals surface area (Å²) < 4.78 is 14.7. The van der Waals surface area contributed by atoms with E-state index in [2.05, 4.69) is 15.6 Å². The van der Waals surface area contributed by atoms with Crippen LogP contribution in [0, 0.1) is 5.82 Å². The first-order chi connectivity index (χ1) is 15.5. The monoisotopic (exact) mass is 430 g/mol. The Hall–Kier alpha value is -3.84. The van der Waals surface area contributed by atoms with Gasteiger partial charge in [0, 0.05) is 46.7 Å². The van der Waals surface area contributed by atoms with Gasteiger partial charge in [0.2, 0.25) is 0 Å². The van der Waals surface area contributed by atoms with Crippen LogP contribution in [0.25, 0.3) is 33.3 Å². The molecule has 0 aliphatic heterocycles. The number of halogens is 1. The first-order valence-electron chi connectivity index (χ1n) is 10.4. The molecule has 6 nitrogen and oxygen atoms in total. The number of fused-ring (bicyclic) bond motifs is 1. The fourth-order valence-corrected chi connectivity index (χ4v) is 3.40. The van der Waals surface area contributed by atoms with E-state index in [1.165, 1.54) is 6.07 Å². The van der Waals surface area contributed by atoms with Crippen LogP contribution in [0.15, 0.2) is 73.1 Å². The summed E-state index contributed by atoms with van der Waals surface area (Å²) in [5.74, 6) is -0.341. The van der Waals surface area contributed by atoms with E-state index in [4.69, 9.17) is 4.98 Å². The Morgan fingerprint density at radius 1 is 1.06 bits per heavy atom. The number of anilines is 1. The lowest BCUT2D eigenvalue weighted by Crippen LogP contribution is -2.34. The smallest absolute Gasteiger partial charge is 0.319 e. The third-order valence-electron chi connectivity index (χ3n) is 5.16. The molecule has 0 fully saturated rings. The minimum absolute atomic E-state index is 0.171. The van der Waals surface area contributed by atoms with Crippen molar-refractivity contribution in [1.82, 2.24) is 15.3 Å². The zero-order chi connectivity index (χ0) is 22.5.